The molecule has 1 aromatic rings. The number of hydrogen-bond acceptors (Lipinski definition) is 2. The molecule has 0 aromatic heterocycles. The molecule has 0 amide bonds. The lowest BCUT2D eigenvalue weighted by Crippen LogP contribution is -2.55. The van der Waals surface area contributed by atoms with E-state index in [9.17, 15) is 0 Å². The van der Waals surface area contributed by atoms with Crippen LogP contribution in [0.15, 0.2) is 24.3 Å². The minimum atomic E-state index is 0.140. The van der Waals surface area contributed by atoms with Crippen molar-refractivity contribution in [1.29, 1.82) is 0 Å². The van der Waals surface area contributed by atoms with Gasteiger partial charge in [-0.05, 0) is 49.4 Å². The fourth-order valence-corrected chi connectivity index (χ4v) is 3.78. The number of nitrogens with zero attached hydrogens (tertiary/aromatic N) is 1. The molecule has 20 heavy (non-hydrogen) atoms. The third-order valence-electron chi connectivity index (χ3n) is 4.83. The Labute approximate surface area is 128 Å². The number of rotatable bonds is 4. The molecule has 0 aliphatic heterocycles. The van der Waals surface area contributed by atoms with Crippen molar-refractivity contribution < 1.29 is 0 Å². The first-order valence-electron chi connectivity index (χ1n) is 7.53. The summed E-state index contributed by atoms with van der Waals surface area (Å²) in [6.45, 7) is 6.41. The van der Waals surface area contributed by atoms with Crippen LogP contribution in [0.3, 0.4) is 0 Å². The van der Waals surface area contributed by atoms with Crippen LogP contribution >= 0.6 is 11.6 Å². The summed E-state index contributed by atoms with van der Waals surface area (Å²) in [5.41, 5.74) is 8.01. The molecule has 3 heteroatoms. The van der Waals surface area contributed by atoms with E-state index in [1.54, 1.807) is 0 Å². The Kier molecular flexibility index (Phi) is 4.78. The van der Waals surface area contributed by atoms with Crippen LogP contribution in [0.5, 0.6) is 0 Å². The predicted molar refractivity (Wildman–Crippen MR) is 87.0 cm³/mol. The molecular formula is C17H27ClN2. The number of hydrogen-bond donors (Lipinski definition) is 1. The quantitative estimate of drug-likeness (QED) is 0.907. The van der Waals surface area contributed by atoms with Gasteiger partial charge in [0.05, 0.1) is 0 Å². The van der Waals surface area contributed by atoms with Crippen LogP contribution in [0.2, 0.25) is 5.02 Å². The number of halogens is 1. The van der Waals surface area contributed by atoms with Gasteiger partial charge >= 0.3 is 0 Å². The first-order valence-corrected chi connectivity index (χ1v) is 7.90. The van der Waals surface area contributed by atoms with Crippen molar-refractivity contribution in [1.82, 2.24) is 4.90 Å². The topological polar surface area (TPSA) is 29.3 Å². The van der Waals surface area contributed by atoms with E-state index in [1.807, 2.05) is 12.1 Å². The summed E-state index contributed by atoms with van der Waals surface area (Å²) < 4.78 is 0. The molecule has 1 aliphatic rings. The molecular weight excluding hydrogens is 268 g/mol. The average Bonchev–Trinajstić information content (AvgIpc) is 2.40. The normalized spacial score (nSPS) is 25.9. The zero-order valence-electron chi connectivity index (χ0n) is 13.0. The van der Waals surface area contributed by atoms with Crippen molar-refractivity contribution in [3.63, 3.8) is 0 Å². The molecule has 2 N–H and O–H groups in total. The Bertz CT molecular complexity index is 441. The maximum absolute atomic E-state index is 6.18. The Morgan fingerprint density at radius 1 is 1.20 bits per heavy atom. The molecule has 0 radical (unpaired) electrons. The third kappa shape index (κ3) is 3.55. The van der Waals surface area contributed by atoms with Crippen LogP contribution in [0.1, 0.15) is 45.1 Å². The van der Waals surface area contributed by atoms with Gasteiger partial charge in [0.15, 0.2) is 0 Å². The van der Waals surface area contributed by atoms with Gasteiger partial charge in [-0.3, -0.25) is 4.90 Å². The molecule has 0 bridgehead atoms. The second-order valence-electron chi connectivity index (χ2n) is 7.11. The molecule has 1 fully saturated rings. The van der Waals surface area contributed by atoms with Crippen LogP contribution in [0.4, 0.5) is 0 Å². The summed E-state index contributed by atoms with van der Waals surface area (Å²) in [6.07, 6.45) is 4.97. The van der Waals surface area contributed by atoms with Crippen LogP contribution in [-0.4, -0.2) is 24.0 Å². The van der Waals surface area contributed by atoms with Crippen LogP contribution in [-0.2, 0) is 6.54 Å². The highest BCUT2D eigenvalue weighted by atomic mass is 35.5. The van der Waals surface area contributed by atoms with E-state index in [1.165, 1.54) is 31.2 Å². The Balaban J connectivity index is 2.12. The van der Waals surface area contributed by atoms with Gasteiger partial charge < -0.3 is 5.73 Å². The largest absolute Gasteiger partial charge is 0.329 e. The summed E-state index contributed by atoms with van der Waals surface area (Å²) in [5, 5.41) is 0.795. The van der Waals surface area contributed by atoms with Gasteiger partial charge in [0, 0.05) is 23.7 Å². The van der Waals surface area contributed by atoms with E-state index in [0.29, 0.717) is 5.41 Å². The van der Waals surface area contributed by atoms with E-state index >= 15 is 0 Å². The lowest BCUT2D eigenvalue weighted by atomic mass is 9.67. The monoisotopic (exact) mass is 294 g/mol. The minimum Gasteiger partial charge on any atom is -0.329 e. The van der Waals surface area contributed by atoms with E-state index in [4.69, 9.17) is 17.3 Å². The summed E-state index contributed by atoms with van der Waals surface area (Å²) in [6, 6.07) is 8.14. The maximum Gasteiger partial charge on any atom is 0.0406 e. The lowest BCUT2D eigenvalue weighted by molar-refractivity contribution is 0.0223. The number of likely N-dealkylation sites (N-methyl/N-ethyl adjacent to an activating group) is 1. The predicted octanol–water partition coefficient (Wildman–Crippen LogP) is 4.07. The SMILES string of the molecule is CN(Cc1ccc(Cl)cc1)C1(CN)CCCC(C)(C)C1. The van der Waals surface area contributed by atoms with Crippen molar-refractivity contribution in [2.24, 2.45) is 11.1 Å². The first-order chi connectivity index (χ1) is 9.37. The van der Waals surface area contributed by atoms with E-state index < -0.39 is 0 Å². The van der Waals surface area contributed by atoms with E-state index in [-0.39, 0.29) is 5.54 Å². The van der Waals surface area contributed by atoms with E-state index in [0.717, 1.165) is 18.1 Å². The zero-order valence-corrected chi connectivity index (χ0v) is 13.7. The Morgan fingerprint density at radius 3 is 2.40 bits per heavy atom. The Morgan fingerprint density at radius 2 is 1.85 bits per heavy atom. The fraction of sp³-hybridized carbons (Fsp3) is 0.647. The van der Waals surface area contributed by atoms with Crippen molar-refractivity contribution >= 4 is 11.6 Å². The molecule has 0 spiro atoms. The first kappa shape index (κ1) is 15.8. The van der Waals surface area contributed by atoms with Crippen molar-refractivity contribution in [3.8, 4) is 0 Å². The highest BCUT2D eigenvalue weighted by Gasteiger charge is 2.41. The Hall–Kier alpha value is -0.570. The standard InChI is InChI=1S/C17H27ClN2/c1-16(2)9-4-10-17(12-16,13-19)20(3)11-14-5-7-15(18)8-6-14/h5-8H,4,9-13,19H2,1-3H3. The number of benzene rings is 1. The van der Waals surface area contributed by atoms with Crippen molar-refractivity contribution in [2.45, 2.75) is 51.6 Å². The number of nitrogens with two attached hydrogens (primary N) is 1. The molecule has 1 aromatic carbocycles. The van der Waals surface area contributed by atoms with Crippen LogP contribution in [0, 0.1) is 5.41 Å². The van der Waals surface area contributed by atoms with Crippen LogP contribution < -0.4 is 5.73 Å². The maximum atomic E-state index is 6.18. The molecule has 1 saturated carbocycles. The zero-order chi connectivity index (χ0) is 14.8. The van der Waals surface area contributed by atoms with E-state index in [2.05, 4.69) is 37.9 Å². The highest BCUT2D eigenvalue weighted by Crippen LogP contribution is 2.43. The van der Waals surface area contributed by atoms with Gasteiger partial charge in [-0.15, -0.1) is 0 Å². The summed E-state index contributed by atoms with van der Waals surface area (Å²) in [4.78, 5) is 2.46. The molecule has 1 unspecified atom stereocenters. The molecule has 0 saturated heterocycles. The van der Waals surface area contributed by atoms with Crippen molar-refractivity contribution in [2.75, 3.05) is 13.6 Å². The van der Waals surface area contributed by atoms with Crippen molar-refractivity contribution in [3.05, 3.63) is 34.9 Å². The highest BCUT2D eigenvalue weighted by molar-refractivity contribution is 6.30. The van der Waals surface area contributed by atoms with Gasteiger partial charge in [0.2, 0.25) is 0 Å². The second-order valence-corrected chi connectivity index (χ2v) is 7.54. The second kappa shape index (κ2) is 6.05. The molecule has 1 atom stereocenters. The fourth-order valence-electron chi connectivity index (χ4n) is 3.65. The van der Waals surface area contributed by atoms with Gasteiger partial charge in [-0.2, -0.15) is 0 Å². The summed E-state index contributed by atoms with van der Waals surface area (Å²) in [5.74, 6) is 0. The van der Waals surface area contributed by atoms with Gasteiger partial charge in [-0.25, -0.2) is 0 Å². The molecule has 112 valence electrons. The van der Waals surface area contributed by atoms with Crippen LogP contribution in [0.25, 0.3) is 0 Å². The molecule has 0 heterocycles. The molecule has 2 nitrogen and oxygen atoms in total. The summed E-state index contributed by atoms with van der Waals surface area (Å²) in [7, 11) is 2.21. The summed E-state index contributed by atoms with van der Waals surface area (Å²) >= 11 is 5.96. The minimum absolute atomic E-state index is 0.140. The van der Waals surface area contributed by atoms with Gasteiger partial charge in [0.25, 0.3) is 0 Å². The smallest absolute Gasteiger partial charge is 0.0406 e. The molecule has 2 rings (SSSR count). The van der Waals surface area contributed by atoms with Gasteiger partial charge in [0.1, 0.15) is 0 Å². The average molecular weight is 295 g/mol. The third-order valence-corrected chi connectivity index (χ3v) is 5.08. The molecule has 1 aliphatic carbocycles. The lowest BCUT2D eigenvalue weighted by Gasteiger charge is -2.49. The van der Waals surface area contributed by atoms with Gasteiger partial charge in [-0.1, -0.05) is 44.0 Å².